The van der Waals surface area contributed by atoms with Crippen LogP contribution in [0.5, 0.6) is 11.5 Å². The number of carbonyl (C=O) groups is 3. The van der Waals surface area contributed by atoms with Gasteiger partial charge >= 0.3 is 6.03 Å². The molecule has 4 rings (SSSR count). The van der Waals surface area contributed by atoms with Gasteiger partial charge in [-0.2, -0.15) is 0 Å². The van der Waals surface area contributed by atoms with E-state index < -0.39 is 17.9 Å². The molecule has 0 radical (unpaired) electrons. The predicted molar refractivity (Wildman–Crippen MR) is 124 cm³/mol. The lowest BCUT2D eigenvalue weighted by molar-refractivity contribution is -0.255. The number of methoxy groups -OCH3 is 1. The molecule has 172 valence electrons. The molecule has 1 aliphatic heterocycles. The van der Waals surface area contributed by atoms with Crippen molar-refractivity contribution in [2.45, 2.75) is 6.61 Å². The fourth-order valence-electron chi connectivity index (χ4n) is 3.34. The van der Waals surface area contributed by atoms with E-state index >= 15 is 0 Å². The number of hydrogen-bond acceptors (Lipinski definition) is 6. The van der Waals surface area contributed by atoms with E-state index in [0.717, 1.165) is 10.5 Å². The van der Waals surface area contributed by atoms with E-state index in [0.29, 0.717) is 27.8 Å². The zero-order chi connectivity index (χ0) is 24.2. The summed E-state index contributed by atoms with van der Waals surface area (Å²) in [6, 6.07) is 17.1. The van der Waals surface area contributed by atoms with Crippen molar-refractivity contribution < 1.29 is 29.0 Å². The Labute approximate surface area is 200 Å². The predicted octanol–water partition coefficient (Wildman–Crippen LogP) is 3.39. The summed E-state index contributed by atoms with van der Waals surface area (Å²) in [5.41, 5.74) is 1.93. The summed E-state index contributed by atoms with van der Waals surface area (Å²) in [4.78, 5) is 37.1. The van der Waals surface area contributed by atoms with E-state index in [4.69, 9.17) is 21.1 Å². The Morgan fingerprint density at radius 1 is 1.06 bits per heavy atom. The zero-order valence-corrected chi connectivity index (χ0v) is 18.7. The number of rotatable bonds is 7. The van der Waals surface area contributed by atoms with Gasteiger partial charge in [-0.1, -0.05) is 48.0 Å². The Hall–Kier alpha value is -4.30. The standard InChI is InChI=1S/C25H19ClN2O6/c1-33-22-12-16(7-10-21(22)34-14-15-5-8-17(9-6-15)24(30)31)11-20-23(29)28(25(32)27-20)19-4-2-3-18(26)13-19/h2-13H,14H2,1H3,(H,27,32)(H,30,31)/p-1/b20-11+. The van der Waals surface area contributed by atoms with Crippen LogP contribution in [0.3, 0.4) is 0 Å². The lowest BCUT2D eigenvalue weighted by Crippen LogP contribution is -2.30. The van der Waals surface area contributed by atoms with Crippen molar-refractivity contribution in [1.29, 1.82) is 0 Å². The van der Waals surface area contributed by atoms with Gasteiger partial charge in [-0.05, 0) is 53.1 Å². The minimum Gasteiger partial charge on any atom is -0.545 e. The van der Waals surface area contributed by atoms with Gasteiger partial charge in [0, 0.05) is 5.02 Å². The SMILES string of the molecule is COc1cc(/C=C2/NC(=O)N(c3cccc(Cl)c3)C2=O)ccc1OCc1ccc(C(=O)[O-])cc1. The zero-order valence-electron chi connectivity index (χ0n) is 17.9. The van der Waals surface area contributed by atoms with Crippen molar-refractivity contribution in [3.8, 4) is 11.5 Å². The number of nitrogens with zero attached hydrogens (tertiary/aromatic N) is 1. The normalized spacial score (nSPS) is 14.3. The minimum absolute atomic E-state index is 0.0844. The molecule has 0 spiro atoms. The van der Waals surface area contributed by atoms with Crippen molar-refractivity contribution in [3.05, 3.63) is 94.1 Å². The molecule has 1 aliphatic rings. The van der Waals surface area contributed by atoms with Crippen molar-refractivity contribution in [2.24, 2.45) is 0 Å². The number of carboxylic acid groups (broad SMARTS) is 1. The maximum atomic E-state index is 12.8. The number of amides is 3. The van der Waals surface area contributed by atoms with Crippen molar-refractivity contribution in [3.63, 3.8) is 0 Å². The maximum absolute atomic E-state index is 12.8. The molecule has 8 nitrogen and oxygen atoms in total. The van der Waals surface area contributed by atoms with Crippen LogP contribution in [0.15, 0.2) is 72.4 Å². The molecule has 3 amide bonds. The number of carboxylic acids is 1. The second kappa shape index (κ2) is 9.68. The highest BCUT2D eigenvalue weighted by molar-refractivity contribution is 6.32. The summed E-state index contributed by atoms with van der Waals surface area (Å²) in [5, 5.41) is 13.8. The van der Waals surface area contributed by atoms with Crippen molar-refractivity contribution >= 4 is 41.3 Å². The number of imide groups is 1. The van der Waals surface area contributed by atoms with Gasteiger partial charge in [-0.3, -0.25) is 4.79 Å². The smallest absolute Gasteiger partial charge is 0.333 e. The highest BCUT2D eigenvalue weighted by Gasteiger charge is 2.34. The number of carbonyl (C=O) groups excluding carboxylic acids is 3. The summed E-state index contributed by atoms with van der Waals surface area (Å²) < 4.78 is 11.2. The average Bonchev–Trinajstić information content (AvgIpc) is 3.10. The number of halogens is 1. The Bertz CT molecular complexity index is 1300. The summed E-state index contributed by atoms with van der Waals surface area (Å²) in [6.07, 6.45) is 1.54. The number of aromatic carboxylic acids is 1. The van der Waals surface area contributed by atoms with E-state index in [1.807, 2.05) is 0 Å². The van der Waals surface area contributed by atoms with Crippen LogP contribution < -0.4 is 24.8 Å². The average molecular weight is 478 g/mol. The lowest BCUT2D eigenvalue weighted by Gasteiger charge is -2.12. The molecule has 0 aromatic heterocycles. The monoisotopic (exact) mass is 477 g/mol. The van der Waals surface area contributed by atoms with Gasteiger partial charge in [0.15, 0.2) is 11.5 Å². The Balaban J connectivity index is 1.50. The molecule has 1 N–H and O–H groups in total. The van der Waals surface area contributed by atoms with E-state index in [1.165, 1.54) is 31.4 Å². The molecule has 1 fully saturated rings. The van der Waals surface area contributed by atoms with Crippen LogP contribution in [-0.2, 0) is 11.4 Å². The first-order valence-electron chi connectivity index (χ1n) is 10.1. The van der Waals surface area contributed by atoms with Gasteiger partial charge in [-0.25, -0.2) is 9.69 Å². The number of anilines is 1. The van der Waals surface area contributed by atoms with Gasteiger partial charge in [0.05, 0.1) is 18.8 Å². The second-order valence-electron chi connectivity index (χ2n) is 7.29. The number of nitrogens with one attached hydrogen (secondary N) is 1. The molecule has 0 saturated carbocycles. The summed E-state index contributed by atoms with van der Waals surface area (Å²) in [7, 11) is 1.48. The summed E-state index contributed by atoms with van der Waals surface area (Å²) in [5.74, 6) is -0.877. The van der Waals surface area contributed by atoms with Crippen LogP contribution >= 0.6 is 11.6 Å². The first-order valence-corrected chi connectivity index (χ1v) is 10.5. The summed E-state index contributed by atoms with van der Waals surface area (Å²) in [6.45, 7) is 0.188. The molecular formula is C25H18ClN2O6-. The molecule has 0 bridgehead atoms. The van der Waals surface area contributed by atoms with Crippen LogP contribution in [-0.4, -0.2) is 25.0 Å². The molecule has 1 heterocycles. The minimum atomic E-state index is -1.24. The van der Waals surface area contributed by atoms with Gasteiger partial charge < -0.3 is 24.7 Å². The fourth-order valence-corrected chi connectivity index (χ4v) is 3.53. The molecule has 0 aliphatic carbocycles. The van der Waals surface area contributed by atoms with Gasteiger partial charge in [-0.15, -0.1) is 0 Å². The van der Waals surface area contributed by atoms with Crippen molar-refractivity contribution in [2.75, 3.05) is 12.0 Å². The Morgan fingerprint density at radius 2 is 1.82 bits per heavy atom. The highest BCUT2D eigenvalue weighted by atomic mass is 35.5. The fraction of sp³-hybridized carbons (Fsp3) is 0.0800. The van der Waals surface area contributed by atoms with Crippen LogP contribution in [0.2, 0.25) is 5.02 Å². The first-order chi connectivity index (χ1) is 16.4. The Morgan fingerprint density at radius 3 is 2.50 bits per heavy atom. The van der Waals surface area contributed by atoms with Crippen LogP contribution in [0.1, 0.15) is 21.5 Å². The van der Waals surface area contributed by atoms with Crippen LogP contribution in [0, 0.1) is 0 Å². The number of hydrogen-bond donors (Lipinski definition) is 1. The van der Waals surface area contributed by atoms with Crippen LogP contribution in [0.4, 0.5) is 10.5 Å². The molecular weight excluding hydrogens is 460 g/mol. The molecule has 9 heteroatoms. The van der Waals surface area contributed by atoms with Gasteiger partial charge in [0.25, 0.3) is 5.91 Å². The quantitative estimate of drug-likeness (QED) is 0.413. The number of ether oxygens (including phenoxy) is 2. The maximum Gasteiger partial charge on any atom is 0.333 e. The molecule has 3 aromatic rings. The van der Waals surface area contributed by atoms with E-state index in [9.17, 15) is 19.5 Å². The van der Waals surface area contributed by atoms with Gasteiger partial charge in [0.2, 0.25) is 0 Å². The lowest BCUT2D eigenvalue weighted by atomic mass is 10.1. The molecule has 0 atom stereocenters. The molecule has 3 aromatic carbocycles. The van der Waals surface area contributed by atoms with Crippen molar-refractivity contribution in [1.82, 2.24) is 5.32 Å². The number of urea groups is 1. The topological polar surface area (TPSA) is 108 Å². The second-order valence-corrected chi connectivity index (χ2v) is 7.73. The third kappa shape index (κ3) is 4.87. The molecule has 1 saturated heterocycles. The first kappa shape index (κ1) is 22.9. The van der Waals surface area contributed by atoms with E-state index in [2.05, 4.69) is 5.32 Å². The third-order valence-corrected chi connectivity index (χ3v) is 5.26. The van der Waals surface area contributed by atoms with E-state index in [1.54, 1.807) is 48.5 Å². The molecule has 0 unspecified atom stereocenters. The largest absolute Gasteiger partial charge is 0.545 e. The number of benzene rings is 3. The van der Waals surface area contributed by atoms with Crippen LogP contribution in [0.25, 0.3) is 6.08 Å². The Kier molecular flexibility index (Phi) is 6.51. The third-order valence-electron chi connectivity index (χ3n) is 5.03. The van der Waals surface area contributed by atoms with E-state index in [-0.39, 0.29) is 17.9 Å². The van der Waals surface area contributed by atoms with Gasteiger partial charge in [0.1, 0.15) is 12.3 Å². The summed E-state index contributed by atoms with van der Waals surface area (Å²) >= 11 is 5.98. The highest BCUT2D eigenvalue weighted by Crippen LogP contribution is 2.31. The molecule has 34 heavy (non-hydrogen) atoms.